The highest BCUT2D eigenvalue weighted by molar-refractivity contribution is 5.95. The number of hydrogen-bond donors (Lipinski definition) is 2. The Morgan fingerprint density at radius 2 is 2.07 bits per heavy atom. The van der Waals surface area contributed by atoms with E-state index in [-0.39, 0.29) is 11.8 Å². The van der Waals surface area contributed by atoms with Crippen molar-refractivity contribution in [1.29, 1.82) is 0 Å². The molecule has 2 aromatic heterocycles. The lowest BCUT2D eigenvalue weighted by Crippen LogP contribution is -2.44. The molecule has 4 rings (SSSR count). The summed E-state index contributed by atoms with van der Waals surface area (Å²) in [5.74, 6) is -0.0135. The predicted molar refractivity (Wildman–Crippen MR) is 102 cm³/mol. The van der Waals surface area contributed by atoms with Crippen LogP contribution in [0.15, 0.2) is 61.2 Å². The highest BCUT2D eigenvalue weighted by atomic mass is 16.3. The van der Waals surface area contributed by atoms with Crippen molar-refractivity contribution in [1.82, 2.24) is 20.1 Å². The normalized spacial score (nSPS) is 17.3. The third kappa shape index (κ3) is 3.97. The lowest BCUT2D eigenvalue weighted by atomic mass is 9.91. The number of Topliss-reactive ketones (excluding diaryl/α,β-unsaturated/α-hetero) is 1. The van der Waals surface area contributed by atoms with Crippen LogP contribution in [0.2, 0.25) is 0 Å². The van der Waals surface area contributed by atoms with Gasteiger partial charge in [0.15, 0.2) is 5.78 Å². The number of pyridine rings is 1. The van der Waals surface area contributed by atoms with Crippen molar-refractivity contribution in [3.05, 3.63) is 77.9 Å². The largest absolute Gasteiger partial charge is 0.391 e. The molecular formula is C21H22N4O2. The quantitative estimate of drug-likeness (QED) is 0.658. The molecule has 6 nitrogen and oxygen atoms in total. The van der Waals surface area contributed by atoms with Crippen LogP contribution in [0.25, 0.3) is 5.69 Å². The fourth-order valence-corrected chi connectivity index (χ4v) is 3.47. The Morgan fingerprint density at radius 1 is 1.22 bits per heavy atom. The van der Waals surface area contributed by atoms with E-state index >= 15 is 0 Å². The van der Waals surface area contributed by atoms with Crippen LogP contribution < -0.4 is 5.32 Å². The van der Waals surface area contributed by atoms with Gasteiger partial charge in [-0.05, 0) is 36.1 Å². The molecule has 6 heteroatoms. The van der Waals surface area contributed by atoms with Crippen molar-refractivity contribution in [2.24, 2.45) is 0 Å². The second-order valence-corrected chi connectivity index (χ2v) is 6.87. The molecule has 0 radical (unpaired) electrons. The minimum Gasteiger partial charge on any atom is -0.391 e. The summed E-state index contributed by atoms with van der Waals surface area (Å²) in [6, 6.07) is 11.9. The van der Waals surface area contributed by atoms with Gasteiger partial charge in [-0.2, -0.15) is 5.10 Å². The highest BCUT2D eigenvalue weighted by Gasteiger charge is 2.25. The third-order valence-electron chi connectivity index (χ3n) is 5.06. The van der Waals surface area contributed by atoms with Crippen molar-refractivity contribution in [3.63, 3.8) is 0 Å². The number of aliphatic hydroxyl groups excluding tert-OH is 1. The Hall–Kier alpha value is -2.83. The number of aromatic nitrogens is 3. The molecule has 2 atom stereocenters. The van der Waals surface area contributed by atoms with E-state index in [0.29, 0.717) is 18.4 Å². The Morgan fingerprint density at radius 3 is 2.89 bits per heavy atom. The molecule has 3 aromatic rings. The first-order chi connectivity index (χ1) is 13.2. The van der Waals surface area contributed by atoms with Crippen LogP contribution in [0.4, 0.5) is 0 Å². The summed E-state index contributed by atoms with van der Waals surface area (Å²) in [6.07, 6.45) is 7.60. The Labute approximate surface area is 157 Å². The van der Waals surface area contributed by atoms with Crippen LogP contribution >= 0.6 is 0 Å². The standard InChI is InChI=1S/C21H22N4O2/c26-20(17-12-24-25(14-17)18-6-3-9-22-13-18)7-8-21(27)19-10-15-4-1-2-5-16(15)11-23-19/h1-6,9,12-14,19,21,23,27H,7-8,10-11H2/t19-,21+/m0/s1. The summed E-state index contributed by atoms with van der Waals surface area (Å²) in [7, 11) is 0. The summed E-state index contributed by atoms with van der Waals surface area (Å²) < 4.78 is 1.64. The SMILES string of the molecule is O=C(CC[C@@H](O)[C@@H]1Cc2ccccc2CN1)c1cnn(-c2cccnc2)c1. The molecule has 138 valence electrons. The van der Waals surface area contributed by atoms with Gasteiger partial charge < -0.3 is 10.4 Å². The molecule has 3 heterocycles. The Kier molecular flexibility index (Phi) is 5.09. The van der Waals surface area contributed by atoms with Crippen LogP contribution in [0, 0.1) is 0 Å². The number of nitrogens with zero attached hydrogens (tertiary/aromatic N) is 3. The van der Waals surface area contributed by atoms with Gasteiger partial charge in [0.2, 0.25) is 0 Å². The van der Waals surface area contributed by atoms with Crippen molar-refractivity contribution < 1.29 is 9.90 Å². The number of benzene rings is 1. The fourth-order valence-electron chi connectivity index (χ4n) is 3.47. The zero-order valence-electron chi connectivity index (χ0n) is 15.0. The topological polar surface area (TPSA) is 80.0 Å². The predicted octanol–water partition coefficient (Wildman–Crippen LogP) is 2.31. The van der Waals surface area contributed by atoms with Gasteiger partial charge in [0.05, 0.1) is 29.7 Å². The second-order valence-electron chi connectivity index (χ2n) is 6.87. The number of carbonyl (C=O) groups excluding carboxylic acids is 1. The van der Waals surface area contributed by atoms with Crippen LogP contribution in [0.5, 0.6) is 0 Å². The van der Waals surface area contributed by atoms with E-state index in [1.54, 1.807) is 29.5 Å². The number of carbonyl (C=O) groups is 1. The third-order valence-corrected chi connectivity index (χ3v) is 5.06. The summed E-state index contributed by atoms with van der Waals surface area (Å²) in [6.45, 7) is 0.754. The number of aliphatic hydroxyl groups is 1. The van der Waals surface area contributed by atoms with Gasteiger partial charge in [0, 0.05) is 31.4 Å². The molecule has 0 amide bonds. The van der Waals surface area contributed by atoms with Gasteiger partial charge in [-0.3, -0.25) is 9.78 Å². The number of hydrogen-bond acceptors (Lipinski definition) is 5. The molecule has 0 spiro atoms. The highest BCUT2D eigenvalue weighted by Crippen LogP contribution is 2.20. The molecule has 0 saturated carbocycles. The van der Waals surface area contributed by atoms with E-state index in [1.165, 1.54) is 11.1 Å². The van der Waals surface area contributed by atoms with E-state index in [4.69, 9.17) is 0 Å². The summed E-state index contributed by atoms with van der Waals surface area (Å²) in [5.41, 5.74) is 3.90. The van der Waals surface area contributed by atoms with Gasteiger partial charge in [-0.15, -0.1) is 0 Å². The van der Waals surface area contributed by atoms with Gasteiger partial charge in [-0.25, -0.2) is 4.68 Å². The average Bonchev–Trinajstić information content (AvgIpc) is 3.22. The summed E-state index contributed by atoms with van der Waals surface area (Å²) in [4.78, 5) is 16.5. The molecule has 0 saturated heterocycles. The second kappa shape index (κ2) is 7.82. The zero-order valence-corrected chi connectivity index (χ0v) is 15.0. The molecule has 0 fully saturated rings. The number of ketones is 1. The molecule has 1 aromatic carbocycles. The van der Waals surface area contributed by atoms with Gasteiger partial charge in [0.1, 0.15) is 0 Å². The van der Waals surface area contributed by atoms with E-state index in [9.17, 15) is 9.90 Å². The van der Waals surface area contributed by atoms with Crippen LogP contribution in [0.3, 0.4) is 0 Å². The minimum absolute atomic E-state index is 0.0135. The van der Waals surface area contributed by atoms with E-state index < -0.39 is 6.10 Å². The summed E-state index contributed by atoms with van der Waals surface area (Å²) >= 11 is 0. The van der Waals surface area contributed by atoms with Gasteiger partial charge in [0.25, 0.3) is 0 Å². The number of fused-ring (bicyclic) bond motifs is 1. The fraction of sp³-hybridized carbons (Fsp3) is 0.286. The minimum atomic E-state index is -0.560. The average molecular weight is 362 g/mol. The molecule has 0 unspecified atom stereocenters. The zero-order chi connectivity index (χ0) is 18.6. The lowest BCUT2D eigenvalue weighted by Gasteiger charge is -2.29. The van der Waals surface area contributed by atoms with Crippen molar-refractivity contribution >= 4 is 5.78 Å². The molecule has 0 aliphatic carbocycles. The maximum Gasteiger partial charge on any atom is 0.166 e. The number of rotatable bonds is 6. The lowest BCUT2D eigenvalue weighted by molar-refractivity contribution is 0.0877. The maximum atomic E-state index is 12.5. The van der Waals surface area contributed by atoms with Crippen molar-refractivity contribution in [2.45, 2.75) is 38.0 Å². The smallest absolute Gasteiger partial charge is 0.166 e. The summed E-state index contributed by atoms with van der Waals surface area (Å²) in [5, 5.41) is 18.1. The van der Waals surface area contributed by atoms with Crippen molar-refractivity contribution in [3.8, 4) is 5.69 Å². The Balaban J connectivity index is 1.34. The van der Waals surface area contributed by atoms with E-state index in [2.05, 4.69) is 27.5 Å². The monoisotopic (exact) mass is 362 g/mol. The first kappa shape index (κ1) is 17.6. The van der Waals surface area contributed by atoms with Crippen LogP contribution in [-0.4, -0.2) is 37.8 Å². The van der Waals surface area contributed by atoms with Crippen LogP contribution in [-0.2, 0) is 13.0 Å². The van der Waals surface area contributed by atoms with Gasteiger partial charge >= 0.3 is 0 Å². The van der Waals surface area contributed by atoms with E-state index in [1.807, 2.05) is 24.3 Å². The first-order valence-corrected chi connectivity index (χ1v) is 9.17. The van der Waals surface area contributed by atoms with E-state index in [0.717, 1.165) is 18.7 Å². The molecule has 2 N–H and O–H groups in total. The van der Waals surface area contributed by atoms with Gasteiger partial charge in [-0.1, -0.05) is 24.3 Å². The number of nitrogens with one attached hydrogen (secondary N) is 1. The molecule has 1 aliphatic heterocycles. The molecule has 0 bridgehead atoms. The Bertz CT molecular complexity index is 923. The van der Waals surface area contributed by atoms with Crippen molar-refractivity contribution in [2.75, 3.05) is 0 Å². The van der Waals surface area contributed by atoms with Crippen LogP contribution in [0.1, 0.15) is 34.3 Å². The molecular weight excluding hydrogens is 340 g/mol. The maximum absolute atomic E-state index is 12.5. The first-order valence-electron chi connectivity index (χ1n) is 9.17. The molecule has 1 aliphatic rings. The molecule has 27 heavy (non-hydrogen) atoms.